The van der Waals surface area contributed by atoms with E-state index in [4.69, 9.17) is 4.74 Å². The minimum Gasteiger partial charge on any atom is -0.497 e. The number of aliphatic hydroxyl groups excluding tert-OH is 1. The lowest BCUT2D eigenvalue weighted by atomic mass is 10.00. The van der Waals surface area contributed by atoms with Crippen molar-refractivity contribution in [3.8, 4) is 5.75 Å². The zero-order valence-corrected chi connectivity index (χ0v) is 25.3. The van der Waals surface area contributed by atoms with E-state index in [9.17, 15) is 26.7 Å². The Hall–Kier alpha value is -2.51. The van der Waals surface area contributed by atoms with Gasteiger partial charge in [-0.15, -0.1) is 0 Å². The maximum absolute atomic E-state index is 13.4. The number of aliphatic hydroxyl groups is 1. The molecule has 40 heavy (non-hydrogen) atoms. The molecule has 0 fully saturated rings. The van der Waals surface area contributed by atoms with Crippen LogP contribution in [0.3, 0.4) is 0 Å². The predicted octanol–water partition coefficient (Wildman–Crippen LogP) is 1.64. The highest BCUT2D eigenvalue weighted by Crippen LogP contribution is 2.13. The van der Waals surface area contributed by atoms with Crippen LogP contribution in [0.4, 0.5) is 0 Å². The van der Waals surface area contributed by atoms with Gasteiger partial charge in [0.25, 0.3) is 0 Å². The van der Waals surface area contributed by atoms with Gasteiger partial charge in [0.05, 0.1) is 30.8 Å². The second-order valence-electron chi connectivity index (χ2n) is 10.4. The molecule has 0 spiro atoms. The van der Waals surface area contributed by atoms with Crippen molar-refractivity contribution in [2.45, 2.75) is 57.8 Å². The van der Waals surface area contributed by atoms with E-state index in [-0.39, 0.29) is 36.8 Å². The highest BCUT2D eigenvalue weighted by atomic mass is 32.2. The number of benzene rings is 2. The first-order valence-electron chi connectivity index (χ1n) is 13.3. The second kappa shape index (κ2) is 16.1. The number of amides is 1. The summed E-state index contributed by atoms with van der Waals surface area (Å²) >= 11 is 0. The molecule has 224 valence electrons. The van der Waals surface area contributed by atoms with E-state index >= 15 is 0 Å². The van der Waals surface area contributed by atoms with E-state index in [2.05, 4.69) is 15.4 Å². The number of sulfone groups is 1. The number of rotatable bonds is 18. The smallest absolute Gasteiger partial charge is 0.238 e. The first-order chi connectivity index (χ1) is 18.8. The number of carbonyl (C=O) groups is 1. The van der Waals surface area contributed by atoms with E-state index in [1.807, 2.05) is 68.4 Å². The number of hydrogen-bond donors (Lipinski definition) is 4. The summed E-state index contributed by atoms with van der Waals surface area (Å²) in [6, 6.07) is 14.7. The van der Waals surface area contributed by atoms with Gasteiger partial charge in [0.15, 0.2) is 0 Å². The van der Waals surface area contributed by atoms with Crippen LogP contribution in [0.25, 0.3) is 0 Å². The number of carbonyl (C=O) groups excluding carboxylic acids is 1. The van der Waals surface area contributed by atoms with Gasteiger partial charge in [0.1, 0.15) is 21.6 Å². The van der Waals surface area contributed by atoms with Crippen molar-refractivity contribution in [3.05, 3.63) is 65.7 Å². The van der Waals surface area contributed by atoms with Crippen LogP contribution in [0.2, 0.25) is 0 Å². The SMILES string of the molecule is COc1cccc(CNC[C@@H](O)[C@H](Cc2ccccc2)NC(=O)[C@H](CCS(C)(=O)=O)NS(=O)(=O)CCC(C)C)c1. The Balaban J connectivity index is 2.18. The van der Waals surface area contributed by atoms with Crippen molar-refractivity contribution in [3.63, 3.8) is 0 Å². The van der Waals surface area contributed by atoms with E-state index in [1.165, 1.54) is 0 Å². The maximum Gasteiger partial charge on any atom is 0.238 e. The van der Waals surface area contributed by atoms with Crippen molar-refractivity contribution in [1.29, 1.82) is 0 Å². The molecule has 0 radical (unpaired) electrons. The van der Waals surface area contributed by atoms with Crippen LogP contribution in [-0.2, 0) is 37.6 Å². The van der Waals surface area contributed by atoms with Crippen LogP contribution in [-0.4, -0.2) is 77.5 Å². The van der Waals surface area contributed by atoms with Crippen LogP contribution < -0.4 is 20.1 Å². The van der Waals surface area contributed by atoms with E-state index in [0.717, 1.165) is 17.4 Å². The molecule has 4 N–H and O–H groups in total. The van der Waals surface area contributed by atoms with E-state index in [1.54, 1.807) is 7.11 Å². The minimum absolute atomic E-state index is 0.134. The number of nitrogens with one attached hydrogen (secondary N) is 3. The maximum atomic E-state index is 13.4. The Labute approximate surface area is 238 Å². The van der Waals surface area contributed by atoms with Crippen molar-refractivity contribution in [1.82, 2.24) is 15.4 Å². The Morgan fingerprint density at radius 1 is 0.950 bits per heavy atom. The van der Waals surface area contributed by atoms with Gasteiger partial charge < -0.3 is 20.5 Å². The summed E-state index contributed by atoms with van der Waals surface area (Å²) in [5.41, 5.74) is 1.82. The zero-order valence-electron chi connectivity index (χ0n) is 23.7. The van der Waals surface area contributed by atoms with Crippen LogP contribution in [0.15, 0.2) is 54.6 Å². The Bertz CT molecular complexity index is 1270. The van der Waals surface area contributed by atoms with Crippen LogP contribution >= 0.6 is 0 Å². The topological polar surface area (TPSA) is 151 Å². The number of sulfonamides is 1. The fourth-order valence-electron chi connectivity index (χ4n) is 3.97. The third kappa shape index (κ3) is 13.2. The molecule has 1 amide bonds. The average Bonchev–Trinajstić information content (AvgIpc) is 2.89. The largest absolute Gasteiger partial charge is 0.497 e. The molecule has 2 aromatic carbocycles. The molecule has 0 aliphatic carbocycles. The Morgan fingerprint density at radius 3 is 2.25 bits per heavy atom. The molecule has 10 nitrogen and oxygen atoms in total. The molecule has 0 aliphatic heterocycles. The molecule has 3 atom stereocenters. The molecule has 0 aromatic heterocycles. The molecule has 2 rings (SSSR count). The fraction of sp³-hybridized carbons (Fsp3) is 0.536. The highest BCUT2D eigenvalue weighted by molar-refractivity contribution is 7.90. The van der Waals surface area contributed by atoms with Gasteiger partial charge in [-0.25, -0.2) is 21.6 Å². The summed E-state index contributed by atoms with van der Waals surface area (Å²) in [4.78, 5) is 13.4. The van der Waals surface area contributed by atoms with Crippen molar-refractivity contribution >= 4 is 25.8 Å². The third-order valence-corrected chi connectivity index (χ3v) is 8.68. The molecule has 0 unspecified atom stereocenters. The fourth-order valence-corrected chi connectivity index (χ4v) is 6.19. The molecular formula is C28H43N3O7S2. The summed E-state index contributed by atoms with van der Waals surface area (Å²) in [7, 11) is -5.71. The van der Waals surface area contributed by atoms with Crippen molar-refractivity contribution in [2.75, 3.05) is 31.4 Å². The lowest BCUT2D eigenvalue weighted by Crippen LogP contribution is -2.55. The first kappa shape index (κ1) is 33.7. The van der Waals surface area contributed by atoms with Crippen LogP contribution in [0.1, 0.15) is 37.8 Å². The summed E-state index contributed by atoms with van der Waals surface area (Å²) < 4.78 is 56.7. The molecule has 0 bridgehead atoms. The van der Waals surface area contributed by atoms with Crippen LogP contribution in [0, 0.1) is 5.92 Å². The lowest BCUT2D eigenvalue weighted by Gasteiger charge is -2.27. The summed E-state index contributed by atoms with van der Waals surface area (Å²) in [6.45, 7) is 4.37. The molecule has 0 heterocycles. The molecule has 2 aromatic rings. The second-order valence-corrected chi connectivity index (χ2v) is 14.6. The number of hydrogen-bond acceptors (Lipinski definition) is 8. The molecule has 0 saturated carbocycles. The standard InChI is InChI=1S/C28H43N3O7S2/c1-21(2)13-16-40(36,37)31-25(14-15-39(4,34)35)28(33)30-26(18-22-9-6-5-7-10-22)27(32)20-29-19-23-11-8-12-24(17-23)38-3/h5-12,17,21,25-27,29,31-32H,13-16,18-20H2,1-4H3,(H,30,33)/t25-,26-,27+/m0/s1. The normalized spacial score (nSPS) is 14.4. The van der Waals surface area contributed by atoms with Gasteiger partial charge in [-0.1, -0.05) is 56.3 Å². The third-order valence-electron chi connectivity index (χ3n) is 6.29. The molecule has 0 aliphatic rings. The lowest BCUT2D eigenvalue weighted by molar-refractivity contribution is -0.124. The number of methoxy groups -OCH3 is 1. The van der Waals surface area contributed by atoms with Gasteiger partial charge in [0.2, 0.25) is 15.9 Å². The van der Waals surface area contributed by atoms with Gasteiger partial charge >= 0.3 is 0 Å². The zero-order chi connectivity index (χ0) is 29.8. The van der Waals surface area contributed by atoms with E-state index < -0.39 is 44.0 Å². The average molecular weight is 598 g/mol. The number of ether oxygens (including phenoxy) is 1. The monoisotopic (exact) mass is 597 g/mol. The molecular weight excluding hydrogens is 554 g/mol. The van der Waals surface area contributed by atoms with Crippen LogP contribution in [0.5, 0.6) is 5.75 Å². The molecule has 0 saturated heterocycles. The van der Waals surface area contributed by atoms with Gasteiger partial charge in [-0.3, -0.25) is 4.79 Å². The first-order valence-corrected chi connectivity index (χ1v) is 17.0. The van der Waals surface area contributed by atoms with Gasteiger partial charge in [-0.05, 0) is 48.4 Å². The van der Waals surface area contributed by atoms with Gasteiger partial charge in [-0.2, -0.15) is 0 Å². The quantitative estimate of drug-likeness (QED) is 0.203. The summed E-state index contributed by atoms with van der Waals surface area (Å²) in [6.07, 6.45) is 0.458. The Kier molecular flexibility index (Phi) is 13.5. The van der Waals surface area contributed by atoms with Crippen molar-refractivity contribution < 1.29 is 31.5 Å². The predicted molar refractivity (Wildman–Crippen MR) is 157 cm³/mol. The Morgan fingerprint density at radius 2 is 1.62 bits per heavy atom. The van der Waals surface area contributed by atoms with Crippen molar-refractivity contribution in [2.24, 2.45) is 5.92 Å². The van der Waals surface area contributed by atoms with Gasteiger partial charge in [0, 0.05) is 19.3 Å². The minimum atomic E-state index is -3.84. The molecule has 12 heteroatoms. The summed E-state index contributed by atoms with van der Waals surface area (Å²) in [5.74, 6) is -0.395. The highest BCUT2D eigenvalue weighted by Gasteiger charge is 2.29. The summed E-state index contributed by atoms with van der Waals surface area (Å²) in [5, 5.41) is 17.0. The van der Waals surface area contributed by atoms with E-state index in [0.29, 0.717) is 18.7 Å².